The number of amides is 2. The zero-order valence-corrected chi connectivity index (χ0v) is 27.6. The number of hydrogen-bond donors (Lipinski definition) is 2. The fourth-order valence-corrected chi connectivity index (χ4v) is 5.74. The molecule has 15 heteroatoms. The number of Topliss-reactive ketones (excluding diaryl/α,β-unsaturated/α-hetero) is 1. The highest BCUT2D eigenvalue weighted by atomic mass is 35.5. The Morgan fingerprint density at radius 3 is 2.28 bits per heavy atom. The predicted molar refractivity (Wildman–Crippen MR) is 172 cm³/mol. The van der Waals surface area contributed by atoms with Gasteiger partial charge in [-0.05, 0) is 81.8 Å². The van der Waals surface area contributed by atoms with Gasteiger partial charge in [-0.2, -0.15) is 18.3 Å². The maximum Gasteiger partial charge on any atom is 0.433 e. The molecule has 3 aromatic heterocycles. The number of likely N-dealkylation sites (tertiary alicyclic amines) is 1. The average Bonchev–Trinajstić information content (AvgIpc) is 3.57. The summed E-state index contributed by atoms with van der Waals surface area (Å²) in [5, 5.41) is 7.57. The largest absolute Gasteiger partial charge is 0.433 e. The van der Waals surface area contributed by atoms with Crippen LogP contribution in [0.2, 0.25) is 0 Å². The van der Waals surface area contributed by atoms with Gasteiger partial charge in [0.25, 0.3) is 0 Å². The van der Waals surface area contributed by atoms with E-state index in [1.54, 1.807) is 33.2 Å². The first kappa shape index (κ1) is 35.4. The van der Waals surface area contributed by atoms with E-state index in [-0.39, 0.29) is 55.1 Å². The number of aryl methyl sites for hydroxylation is 3. The third-order valence-electron chi connectivity index (χ3n) is 8.37. The van der Waals surface area contributed by atoms with Gasteiger partial charge in [0.15, 0.2) is 5.78 Å². The van der Waals surface area contributed by atoms with Crippen molar-refractivity contribution in [2.75, 3.05) is 11.9 Å². The van der Waals surface area contributed by atoms with Crippen molar-refractivity contribution in [2.24, 2.45) is 11.7 Å². The van der Waals surface area contributed by atoms with E-state index >= 15 is 0 Å². The first-order valence-corrected chi connectivity index (χ1v) is 14.7. The van der Waals surface area contributed by atoms with Gasteiger partial charge in [-0.15, -0.1) is 12.4 Å². The van der Waals surface area contributed by atoms with Crippen molar-refractivity contribution >= 4 is 46.7 Å². The molecule has 1 aliphatic rings. The monoisotopic (exact) mass is 672 g/mol. The number of aromatic nitrogens is 5. The SMILES string of the molecule is CC(=O)c1nn(CC(=O)N2C[C@@H](C(C)(C)N)C[C@H]2C(=O)Nc2nc(C(F)(F)F)ccc2C)c2c(C)cc(-c3cnc(C)nc3)cc12.Cl. The van der Waals surface area contributed by atoms with E-state index in [0.29, 0.717) is 22.3 Å². The van der Waals surface area contributed by atoms with Crippen LogP contribution in [0.15, 0.2) is 36.7 Å². The van der Waals surface area contributed by atoms with Crippen molar-refractivity contribution in [2.45, 2.75) is 72.3 Å². The van der Waals surface area contributed by atoms with Crippen LogP contribution in [0, 0.1) is 26.7 Å². The minimum Gasteiger partial charge on any atom is -0.329 e. The molecule has 0 bridgehead atoms. The van der Waals surface area contributed by atoms with E-state index in [1.807, 2.05) is 19.1 Å². The smallest absolute Gasteiger partial charge is 0.329 e. The molecule has 2 amide bonds. The first-order valence-electron chi connectivity index (χ1n) is 14.7. The van der Waals surface area contributed by atoms with Crippen LogP contribution in [0.4, 0.5) is 19.0 Å². The minimum absolute atomic E-state index is 0. The highest BCUT2D eigenvalue weighted by Gasteiger charge is 2.44. The Labute approximate surface area is 275 Å². The van der Waals surface area contributed by atoms with Crippen LogP contribution in [0.3, 0.4) is 0 Å². The summed E-state index contributed by atoms with van der Waals surface area (Å²) < 4.78 is 41.4. The van der Waals surface area contributed by atoms with Gasteiger partial charge in [-0.25, -0.2) is 15.0 Å². The number of ketones is 1. The molecule has 5 rings (SSSR count). The van der Waals surface area contributed by atoms with Gasteiger partial charge in [0.2, 0.25) is 11.8 Å². The predicted octanol–water partition coefficient (Wildman–Crippen LogP) is 5.05. The normalized spacial score (nSPS) is 16.7. The molecule has 0 spiro atoms. The summed E-state index contributed by atoms with van der Waals surface area (Å²) in [6, 6.07) is 4.74. The molecule has 0 radical (unpaired) electrons. The molecule has 0 saturated carbocycles. The molecular weight excluding hydrogens is 637 g/mol. The number of anilines is 1. The number of fused-ring (bicyclic) bond motifs is 1. The highest BCUT2D eigenvalue weighted by molar-refractivity contribution is 6.07. The third-order valence-corrected chi connectivity index (χ3v) is 8.37. The van der Waals surface area contributed by atoms with Crippen molar-refractivity contribution in [1.29, 1.82) is 0 Å². The summed E-state index contributed by atoms with van der Waals surface area (Å²) in [5.74, 6) is -1.34. The molecule has 47 heavy (non-hydrogen) atoms. The average molecular weight is 673 g/mol. The molecule has 1 aliphatic heterocycles. The van der Waals surface area contributed by atoms with Gasteiger partial charge >= 0.3 is 6.18 Å². The summed E-state index contributed by atoms with van der Waals surface area (Å²) in [5.41, 5.74) is 7.87. The molecule has 4 aromatic rings. The summed E-state index contributed by atoms with van der Waals surface area (Å²) in [7, 11) is 0. The first-order chi connectivity index (χ1) is 21.4. The van der Waals surface area contributed by atoms with Crippen molar-refractivity contribution in [3.8, 4) is 11.1 Å². The zero-order chi connectivity index (χ0) is 33.7. The van der Waals surface area contributed by atoms with Crippen LogP contribution in [0.1, 0.15) is 60.3 Å². The molecule has 1 fully saturated rings. The molecule has 1 saturated heterocycles. The van der Waals surface area contributed by atoms with Crippen LogP contribution in [-0.4, -0.2) is 65.4 Å². The van der Waals surface area contributed by atoms with Crippen molar-refractivity contribution in [3.63, 3.8) is 0 Å². The maximum atomic E-state index is 13.9. The van der Waals surface area contributed by atoms with Gasteiger partial charge in [0.1, 0.15) is 35.6 Å². The molecule has 0 unspecified atom stereocenters. The molecule has 4 heterocycles. The van der Waals surface area contributed by atoms with Gasteiger partial charge in [-0.1, -0.05) is 6.07 Å². The molecular formula is C32H36ClF3N8O3. The number of nitrogens with one attached hydrogen (secondary N) is 1. The number of carbonyl (C=O) groups excluding carboxylic acids is 3. The molecule has 3 N–H and O–H groups in total. The van der Waals surface area contributed by atoms with Crippen LogP contribution >= 0.6 is 12.4 Å². The van der Waals surface area contributed by atoms with Gasteiger partial charge < -0.3 is 16.0 Å². The number of hydrogen-bond acceptors (Lipinski definition) is 8. The number of nitrogens with two attached hydrogens (primary N) is 1. The Bertz CT molecular complexity index is 1850. The fraction of sp³-hybridized carbons (Fsp3) is 0.406. The number of rotatable bonds is 7. The summed E-state index contributed by atoms with van der Waals surface area (Å²) in [6.07, 6.45) is -1.13. The van der Waals surface area contributed by atoms with E-state index in [2.05, 4.69) is 25.4 Å². The summed E-state index contributed by atoms with van der Waals surface area (Å²) in [6.45, 7) is 9.98. The van der Waals surface area contributed by atoms with Gasteiger partial charge in [0, 0.05) is 42.4 Å². The lowest BCUT2D eigenvalue weighted by Gasteiger charge is -2.27. The van der Waals surface area contributed by atoms with E-state index in [9.17, 15) is 27.6 Å². The highest BCUT2D eigenvalue weighted by Crippen LogP contribution is 2.34. The number of pyridine rings is 1. The second-order valence-corrected chi connectivity index (χ2v) is 12.4. The molecule has 0 aliphatic carbocycles. The van der Waals surface area contributed by atoms with Crippen LogP contribution < -0.4 is 11.1 Å². The molecule has 2 atom stereocenters. The molecule has 250 valence electrons. The van der Waals surface area contributed by atoms with E-state index in [0.717, 1.165) is 22.8 Å². The Hall–Kier alpha value is -4.43. The number of halogens is 4. The lowest BCUT2D eigenvalue weighted by molar-refractivity contribution is -0.141. The lowest BCUT2D eigenvalue weighted by Crippen LogP contribution is -2.45. The number of carbonyl (C=O) groups is 3. The lowest BCUT2D eigenvalue weighted by atomic mass is 9.86. The summed E-state index contributed by atoms with van der Waals surface area (Å²) in [4.78, 5) is 53.7. The van der Waals surface area contributed by atoms with Crippen molar-refractivity contribution < 1.29 is 27.6 Å². The standard InChI is InChI=1S/C32H35F3N8O3.ClH/c1-16-7-8-25(32(33,34)35)39-29(16)40-30(46)24-11-22(31(5,6)36)14-42(24)26(45)15-43-28-17(2)9-20(21-12-37-19(4)38-13-21)10-23(28)27(41-43)18(3)44;/h7-10,12-13,22,24H,11,14-15,36H2,1-6H3,(H,39,40,46);1H/t22-,24-;/m0./s1. The molecule has 1 aromatic carbocycles. The second kappa shape index (κ2) is 13.0. The Balaban J connectivity index is 0.00000500. The van der Waals surface area contributed by atoms with Crippen molar-refractivity contribution in [1.82, 2.24) is 29.6 Å². The minimum atomic E-state index is -4.70. The number of benzene rings is 1. The van der Waals surface area contributed by atoms with Crippen LogP contribution in [-0.2, 0) is 22.3 Å². The fourth-order valence-electron chi connectivity index (χ4n) is 5.74. The van der Waals surface area contributed by atoms with E-state index in [1.165, 1.54) is 29.5 Å². The maximum absolute atomic E-state index is 13.9. The van der Waals surface area contributed by atoms with Gasteiger partial charge in [0.05, 0.1) is 5.52 Å². The topological polar surface area (TPSA) is 149 Å². The van der Waals surface area contributed by atoms with E-state index < -0.39 is 35.3 Å². The summed E-state index contributed by atoms with van der Waals surface area (Å²) >= 11 is 0. The second-order valence-electron chi connectivity index (χ2n) is 12.4. The van der Waals surface area contributed by atoms with Crippen molar-refractivity contribution in [3.05, 3.63) is 65.0 Å². The third kappa shape index (κ3) is 7.28. The van der Waals surface area contributed by atoms with E-state index in [4.69, 9.17) is 5.73 Å². The zero-order valence-electron chi connectivity index (χ0n) is 26.8. The number of nitrogens with zero attached hydrogens (tertiary/aromatic N) is 6. The Kier molecular flexibility index (Phi) is 9.79. The van der Waals surface area contributed by atoms with Crippen LogP contribution in [0.5, 0.6) is 0 Å². The Morgan fingerprint density at radius 2 is 1.68 bits per heavy atom. The molecule has 11 nitrogen and oxygen atoms in total. The quantitative estimate of drug-likeness (QED) is 0.259. The number of alkyl halides is 3. The van der Waals surface area contributed by atoms with Crippen LogP contribution in [0.25, 0.3) is 22.0 Å². The van der Waals surface area contributed by atoms with Gasteiger partial charge in [-0.3, -0.25) is 19.1 Å². The Morgan fingerprint density at radius 1 is 1.02 bits per heavy atom.